The summed E-state index contributed by atoms with van der Waals surface area (Å²) in [6.07, 6.45) is 0. The van der Waals surface area contributed by atoms with Crippen molar-refractivity contribution in [1.82, 2.24) is 0 Å². The lowest BCUT2D eigenvalue weighted by Gasteiger charge is -2.07. The maximum atomic E-state index is 11.9. The highest BCUT2D eigenvalue weighted by Gasteiger charge is 2.19. The zero-order valence-electron chi connectivity index (χ0n) is 11.3. The van der Waals surface area contributed by atoms with Gasteiger partial charge in [0.1, 0.15) is 0 Å². The maximum absolute atomic E-state index is 11.9. The van der Waals surface area contributed by atoms with Gasteiger partial charge in [0, 0.05) is 7.14 Å². The second-order valence-corrected chi connectivity index (χ2v) is 9.89. The third kappa shape index (κ3) is 5.35. The van der Waals surface area contributed by atoms with Gasteiger partial charge >= 0.3 is 0 Å². The van der Waals surface area contributed by atoms with Gasteiger partial charge in [-0.1, -0.05) is 0 Å². The normalized spacial score (nSPS) is 12.3. The Bertz CT molecular complexity index is 800. The summed E-state index contributed by atoms with van der Waals surface area (Å²) >= 11 is 4.06. The number of benzene rings is 2. The van der Waals surface area contributed by atoms with Gasteiger partial charge in [-0.2, -0.15) is 16.8 Å². The van der Waals surface area contributed by atoms with E-state index >= 15 is 0 Å². The van der Waals surface area contributed by atoms with Crippen LogP contribution in [-0.2, 0) is 28.6 Å². The Morgan fingerprint density at radius 3 is 1.26 bits per heavy atom. The molecule has 0 saturated carbocycles. The van der Waals surface area contributed by atoms with Crippen LogP contribution in [0.3, 0.4) is 0 Å². The van der Waals surface area contributed by atoms with Gasteiger partial charge in [-0.3, -0.25) is 0 Å². The van der Waals surface area contributed by atoms with Gasteiger partial charge in [0.05, 0.1) is 9.79 Å². The summed E-state index contributed by atoms with van der Waals surface area (Å²) in [5, 5.41) is 0. The van der Waals surface area contributed by atoms with Crippen LogP contribution in [0, 0.1) is 7.14 Å². The van der Waals surface area contributed by atoms with Gasteiger partial charge in [0.2, 0.25) is 0 Å². The molecule has 124 valence electrons. The van der Waals surface area contributed by atoms with Crippen LogP contribution < -0.4 is 0 Å². The van der Waals surface area contributed by atoms with Crippen LogP contribution in [0.4, 0.5) is 0 Å². The van der Waals surface area contributed by atoms with E-state index in [1.165, 1.54) is 24.3 Å². The van der Waals surface area contributed by atoms with Gasteiger partial charge in [-0.05, 0) is 93.7 Å². The standard InChI is InChI=1S/C13H10I2O6S2/c14-10-1-5-12(6-2-10)22(16,17)20-9-21-23(18,19)13-7-3-11(15)4-8-13/h1-8H,9H2. The quantitative estimate of drug-likeness (QED) is 0.297. The summed E-state index contributed by atoms with van der Waals surface area (Å²) in [6.45, 7) is -0.928. The lowest BCUT2D eigenvalue weighted by Crippen LogP contribution is -2.14. The summed E-state index contributed by atoms with van der Waals surface area (Å²) in [4.78, 5) is -0.152. The molecule has 2 rings (SSSR count). The average molecular weight is 580 g/mol. The van der Waals surface area contributed by atoms with Crippen LogP contribution in [0.2, 0.25) is 0 Å². The predicted octanol–water partition coefficient (Wildman–Crippen LogP) is 2.96. The van der Waals surface area contributed by atoms with E-state index in [0.717, 1.165) is 7.14 Å². The first-order valence-electron chi connectivity index (χ1n) is 6.01. The molecule has 0 N–H and O–H groups in total. The molecule has 23 heavy (non-hydrogen) atoms. The molecule has 0 fully saturated rings. The molecule has 0 aliphatic heterocycles. The van der Waals surface area contributed by atoms with Crippen LogP contribution in [0.1, 0.15) is 0 Å². The predicted molar refractivity (Wildman–Crippen MR) is 99.7 cm³/mol. The van der Waals surface area contributed by atoms with E-state index in [-0.39, 0.29) is 9.79 Å². The number of hydrogen-bond donors (Lipinski definition) is 0. The highest BCUT2D eigenvalue weighted by molar-refractivity contribution is 14.1. The minimum atomic E-state index is -4.08. The number of hydrogen-bond acceptors (Lipinski definition) is 6. The third-order valence-corrected chi connectivity index (χ3v) is 6.56. The Labute approximate surface area is 161 Å². The fourth-order valence-corrected chi connectivity index (χ4v) is 3.83. The zero-order chi connectivity index (χ0) is 17.1. The monoisotopic (exact) mass is 580 g/mol. The maximum Gasteiger partial charge on any atom is 0.299 e. The first kappa shape index (κ1) is 19.1. The summed E-state index contributed by atoms with van der Waals surface area (Å²) in [6, 6.07) is 11.9. The van der Waals surface area contributed by atoms with Gasteiger partial charge < -0.3 is 0 Å². The summed E-state index contributed by atoms with van der Waals surface area (Å²) in [5.41, 5.74) is 0. The molecule has 0 aliphatic rings. The molecule has 2 aromatic rings. The summed E-state index contributed by atoms with van der Waals surface area (Å²) in [5.74, 6) is 0. The fraction of sp³-hybridized carbons (Fsp3) is 0.0769. The number of halogens is 2. The molecule has 0 radical (unpaired) electrons. The van der Waals surface area contributed by atoms with Gasteiger partial charge in [-0.25, -0.2) is 8.37 Å². The Hall–Kier alpha value is -0.280. The van der Waals surface area contributed by atoms with Crippen molar-refractivity contribution < 1.29 is 25.2 Å². The van der Waals surface area contributed by atoms with Crippen molar-refractivity contribution in [3.8, 4) is 0 Å². The second kappa shape index (κ2) is 7.74. The van der Waals surface area contributed by atoms with E-state index in [1.807, 2.05) is 45.2 Å². The Kier molecular flexibility index (Phi) is 6.41. The van der Waals surface area contributed by atoms with E-state index in [9.17, 15) is 16.8 Å². The molecule has 10 heteroatoms. The van der Waals surface area contributed by atoms with Gasteiger partial charge in [0.15, 0.2) is 6.79 Å². The molecule has 0 aliphatic carbocycles. The molecule has 0 spiro atoms. The van der Waals surface area contributed by atoms with E-state index in [4.69, 9.17) is 0 Å². The van der Waals surface area contributed by atoms with Gasteiger partial charge in [0.25, 0.3) is 20.2 Å². The molecule has 0 atom stereocenters. The lowest BCUT2D eigenvalue weighted by molar-refractivity contribution is 0.132. The molecule has 2 aromatic carbocycles. The smallest absolute Gasteiger partial charge is 0.236 e. The average Bonchev–Trinajstić information content (AvgIpc) is 2.47. The largest absolute Gasteiger partial charge is 0.299 e. The second-order valence-electron chi connectivity index (χ2n) is 4.17. The Morgan fingerprint density at radius 2 is 0.957 bits per heavy atom. The molecular weight excluding hydrogens is 570 g/mol. The molecule has 0 unspecified atom stereocenters. The van der Waals surface area contributed by atoms with Crippen LogP contribution in [0.25, 0.3) is 0 Å². The van der Waals surface area contributed by atoms with Crippen LogP contribution in [0.15, 0.2) is 58.3 Å². The highest BCUT2D eigenvalue weighted by atomic mass is 127. The Morgan fingerprint density at radius 1 is 0.652 bits per heavy atom. The minimum absolute atomic E-state index is 0.0758. The van der Waals surface area contributed by atoms with Crippen molar-refractivity contribution >= 4 is 65.4 Å². The molecule has 0 heterocycles. The van der Waals surface area contributed by atoms with Gasteiger partial charge in [-0.15, -0.1) is 0 Å². The summed E-state index contributed by atoms with van der Waals surface area (Å²) in [7, 11) is -8.16. The first-order chi connectivity index (χ1) is 10.7. The molecule has 0 amide bonds. The van der Waals surface area contributed by atoms with Crippen molar-refractivity contribution in [2.24, 2.45) is 0 Å². The van der Waals surface area contributed by atoms with Crippen molar-refractivity contribution in [1.29, 1.82) is 0 Å². The van der Waals surface area contributed by atoms with Crippen LogP contribution in [-0.4, -0.2) is 23.6 Å². The lowest BCUT2D eigenvalue weighted by atomic mass is 10.4. The fourth-order valence-electron chi connectivity index (χ4n) is 1.48. The molecule has 0 aromatic heterocycles. The van der Waals surface area contributed by atoms with E-state index in [2.05, 4.69) is 8.37 Å². The van der Waals surface area contributed by atoms with E-state index in [1.54, 1.807) is 24.3 Å². The third-order valence-electron chi connectivity index (χ3n) is 2.61. The Balaban J connectivity index is 2.03. The van der Waals surface area contributed by atoms with Crippen molar-refractivity contribution in [3.05, 3.63) is 55.7 Å². The molecular formula is C13H10I2O6S2. The highest BCUT2D eigenvalue weighted by Crippen LogP contribution is 2.17. The van der Waals surface area contributed by atoms with Crippen molar-refractivity contribution in [3.63, 3.8) is 0 Å². The first-order valence-corrected chi connectivity index (χ1v) is 11.0. The molecule has 0 bridgehead atoms. The zero-order valence-corrected chi connectivity index (χ0v) is 17.3. The van der Waals surface area contributed by atoms with Crippen LogP contribution >= 0.6 is 45.2 Å². The van der Waals surface area contributed by atoms with Crippen LogP contribution in [0.5, 0.6) is 0 Å². The molecule has 6 nitrogen and oxygen atoms in total. The summed E-state index contributed by atoms with van der Waals surface area (Å²) < 4.78 is 58.6. The van der Waals surface area contributed by atoms with Crippen molar-refractivity contribution in [2.45, 2.75) is 9.79 Å². The SMILES string of the molecule is O=S(=O)(OCOS(=O)(=O)c1ccc(I)cc1)c1ccc(I)cc1. The van der Waals surface area contributed by atoms with E-state index < -0.39 is 27.0 Å². The molecule has 0 saturated heterocycles. The minimum Gasteiger partial charge on any atom is -0.236 e. The number of rotatable bonds is 6. The topological polar surface area (TPSA) is 86.7 Å². The van der Waals surface area contributed by atoms with E-state index in [0.29, 0.717) is 0 Å². The van der Waals surface area contributed by atoms with Crippen molar-refractivity contribution in [2.75, 3.05) is 6.79 Å².